The van der Waals surface area contributed by atoms with Gasteiger partial charge in [0.2, 0.25) is 0 Å². The molecule has 1 aliphatic carbocycles. The van der Waals surface area contributed by atoms with Crippen LogP contribution in [-0.4, -0.2) is 28.1 Å². The lowest BCUT2D eigenvalue weighted by Gasteiger charge is -2.27. The second-order valence-corrected chi connectivity index (χ2v) is 7.20. The number of rotatable bonds is 6. The zero-order valence-electron chi connectivity index (χ0n) is 17.0. The van der Waals surface area contributed by atoms with Gasteiger partial charge in [-0.15, -0.1) is 0 Å². The fourth-order valence-electron chi connectivity index (χ4n) is 3.47. The molecule has 2 aromatic rings. The van der Waals surface area contributed by atoms with Crippen LogP contribution < -0.4 is 17.3 Å². The van der Waals surface area contributed by atoms with Crippen LogP contribution in [0.1, 0.15) is 29.5 Å². The Hall–Kier alpha value is -3.62. The summed E-state index contributed by atoms with van der Waals surface area (Å²) in [4.78, 5) is 13.2. The molecule has 0 bridgehead atoms. The number of hydrogen-bond donors (Lipinski definition) is 3. The number of nitrogens with zero attached hydrogens (tertiary/aromatic N) is 4. The van der Waals surface area contributed by atoms with Crippen molar-refractivity contribution in [1.29, 1.82) is 0 Å². The predicted octanol–water partition coefficient (Wildman–Crippen LogP) is 2.78. The Balaban J connectivity index is 1.73. The summed E-state index contributed by atoms with van der Waals surface area (Å²) in [6.45, 7) is 0.777. The molecule has 2 heterocycles. The Kier molecular flexibility index (Phi) is 6.01. The van der Waals surface area contributed by atoms with Gasteiger partial charge < -0.3 is 11.5 Å². The van der Waals surface area contributed by atoms with Gasteiger partial charge in [0.25, 0.3) is 0 Å². The molecular formula is C23H24FN7. The quantitative estimate of drug-likeness (QED) is 0.493. The van der Waals surface area contributed by atoms with Gasteiger partial charge in [-0.25, -0.2) is 15.2 Å². The molecule has 158 valence electrons. The van der Waals surface area contributed by atoms with Gasteiger partial charge in [-0.3, -0.25) is 15.0 Å². The van der Waals surface area contributed by atoms with E-state index in [4.69, 9.17) is 17.3 Å². The predicted molar refractivity (Wildman–Crippen MR) is 121 cm³/mol. The molecule has 1 aliphatic heterocycles. The minimum atomic E-state index is -0.283. The van der Waals surface area contributed by atoms with E-state index in [1.807, 2.05) is 30.3 Å². The largest absolute Gasteiger partial charge is 0.395 e. The number of hydrogen-bond acceptors (Lipinski definition) is 7. The summed E-state index contributed by atoms with van der Waals surface area (Å²) < 4.78 is 14.5. The Morgan fingerprint density at radius 1 is 1.10 bits per heavy atom. The van der Waals surface area contributed by atoms with E-state index in [-0.39, 0.29) is 11.5 Å². The van der Waals surface area contributed by atoms with Gasteiger partial charge in [0.05, 0.1) is 29.3 Å². The number of pyridine rings is 1. The van der Waals surface area contributed by atoms with Gasteiger partial charge in [-0.1, -0.05) is 30.3 Å². The van der Waals surface area contributed by atoms with Crippen molar-refractivity contribution in [1.82, 2.24) is 9.99 Å². The first-order valence-electron chi connectivity index (χ1n) is 10.0. The first-order chi connectivity index (χ1) is 15.1. The van der Waals surface area contributed by atoms with Crippen LogP contribution in [0, 0.1) is 0 Å². The lowest BCUT2D eigenvalue weighted by molar-refractivity contribution is 0.470. The molecular weight excluding hydrogens is 393 g/mol. The number of hydrazine groups is 1. The van der Waals surface area contributed by atoms with Crippen LogP contribution in [0.2, 0.25) is 0 Å². The molecule has 8 heteroatoms. The molecule has 0 amide bonds. The van der Waals surface area contributed by atoms with Crippen LogP contribution in [0.3, 0.4) is 0 Å². The lowest BCUT2D eigenvalue weighted by atomic mass is 10.1. The number of aromatic nitrogens is 1. The highest BCUT2D eigenvalue weighted by Crippen LogP contribution is 2.29. The smallest absolute Gasteiger partial charge is 0.155 e. The van der Waals surface area contributed by atoms with Crippen molar-refractivity contribution in [3.05, 3.63) is 94.9 Å². The van der Waals surface area contributed by atoms with E-state index in [2.05, 4.69) is 15.0 Å². The van der Waals surface area contributed by atoms with Crippen LogP contribution >= 0.6 is 0 Å². The van der Waals surface area contributed by atoms with Crippen LogP contribution in [0.15, 0.2) is 88.1 Å². The normalized spacial score (nSPS) is 16.7. The Labute approximate surface area is 180 Å². The third-order valence-electron chi connectivity index (χ3n) is 5.17. The molecule has 7 nitrogen and oxygen atoms in total. The van der Waals surface area contributed by atoms with Gasteiger partial charge in [-0.2, -0.15) is 0 Å². The van der Waals surface area contributed by atoms with Gasteiger partial charge >= 0.3 is 0 Å². The van der Waals surface area contributed by atoms with Gasteiger partial charge in [0.15, 0.2) is 5.84 Å². The molecule has 2 aliphatic rings. The highest BCUT2D eigenvalue weighted by molar-refractivity contribution is 6.18. The molecule has 0 saturated heterocycles. The number of nitrogens with two attached hydrogens (primary N) is 3. The maximum absolute atomic E-state index is 14.5. The first-order valence-corrected chi connectivity index (χ1v) is 10.0. The first kappa shape index (κ1) is 20.6. The van der Waals surface area contributed by atoms with Crippen molar-refractivity contribution in [2.45, 2.75) is 19.4 Å². The summed E-state index contributed by atoms with van der Waals surface area (Å²) in [6, 6.07) is 11.3. The summed E-state index contributed by atoms with van der Waals surface area (Å²) >= 11 is 0. The molecule has 0 fully saturated rings. The summed E-state index contributed by atoms with van der Waals surface area (Å²) in [5.74, 6) is 6.69. The van der Waals surface area contributed by atoms with Crippen molar-refractivity contribution in [2.24, 2.45) is 27.3 Å². The van der Waals surface area contributed by atoms with Crippen molar-refractivity contribution in [2.75, 3.05) is 6.54 Å². The van der Waals surface area contributed by atoms with E-state index < -0.39 is 0 Å². The highest BCUT2D eigenvalue weighted by Gasteiger charge is 2.24. The molecule has 0 unspecified atom stereocenters. The van der Waals surface area contributed by atoms with E-state index in [0.29, 0.717) is 54.4 Å². The van der Waals surface area contributed by atoms with Crippen LogP contribution in [0.5, 0.6) is 0 Å². The second kappa shape index (κ2) is 9.03. The molecule has 0 saturated carbocycles. The minimum Gasteiger partial charge on any atom is -0.395 e. The Morgan fingerprint density at radius 2 is 1.84 bits per heavy atom. The number of halogens is 1. The zero-order chi connectivity index (χ0) is 21.8. The minimum absolute atomic E-state index is 0.276. The highest BCUT2D eigenvalue weighted by atomic mass is 19.1. The van der Waals surface area contributed by atoms with Gasteiger partial charge in [-0.05, 0) is 30.2 Å². The van der Waals surface area contributed by atoms with Crippen molar-refractivity contribution >= 4 is 17.2 Å². The molecule has 0 spiro atoms. The number of allylic oxidation sites excluding steroid dienone is 3. The fourth-order valence-corrected chi connectivity index (χ4v) is 3.47. The van der Waals surface area contributed by atoms with Gasteiger partial charge in [0, 0.05) is 36.5 Å². The van der Waals surface area contributed by atoms with Crippen LogP contribution in [-0.2, 0) is 6.54 Å². The summed E-state index contributed by atoms with van der Waals surface area (Å²) in [5.41, 5.74) is 16.5. The molecule has 4 rings (SSSR count). The fraction of sp³-hybridized carbons (Fsp3) is 0.174. The molecule has 31 heavy (non-hydrogen) atoms. The number of amidine groups is 1. The molecule has 6 N–H and O–H groups in total. The summed E-state index contributed by atoms with van der Waals surface area (Å²) in [6.07, 6.45) is 7.77. The Bertz CT molecular complexity index is 1110. The molecule has 0 atom stereocenters. The van der Waals surface area contributed by atoms with Gasteiger partial charge in [0.1, 0.15) is 5.83 Å². The van der Waals surface area contributed by atoms with Crippen molar-refractivity contribution in [3.63, 3.8) is 0 Å². The van der Waals surface area contributed by atoms with Crippen LogP contribution in [0.25, 0.3) is 5.70 Å². The number of benzene rings is 1. The third kappa shape index (κ3) is 4.30. The molecule has 1 aromatic carbocycles. The molecule has 0 radical (unpaired) electrons. The molecule has 1 aromatic heterocycles. The lowest BCUT2D eigenvalue weighted by Crippen LogP contribution is -2.33. The monoisotopic (exact) mass is 417 g/mol. The Morgan fingerprint density at radius 3 is 2.52 bits per heavy atom. The maximum atomic E-state index is 14.5. The van der Waals surface area contributed by atoms with Crippen LogP contribution in [0.4, 0.5) is 4.39 Å². The second-order valence-electron chi connectivity index (χ2n) is 7.20. The van der Waals surface area contributed by atoms with E-state index >= 15 is 0 Å². The topological polar surface area (TPSA) is 119 Å². The average Bonchev–Trinajstić information content (AvgIpc) is 3.30. The SMILES string of the molecule is NCc1ccc(C2=NCC(/C(N)=C(\c3ccncc3)N(N)C3=C(F)CCC=C3)=N2)cc1. The maximum Gasteiger partial charge on any atom is 0.155 e. The van der Waals surface area contributed by atoms with E-state index in [9.17, 15) is 4.39 Å². The average molecular weight is 417 g/mol. The number of aliphatic imine (C=N–C) groups is 2. The third-order valence-corrected chi connectivity index (χ3v) is 5.17. The summed E-state index contributed by atoms with van der Waals surface area (Å²) in [5, 5.41) is 1.28. The standard InChI is InChI=1S/C23H24FN7/c24-18-3-1-2-4-20(18)31(27)22(16-9-11-28-12-10-16)21(26)19-14-29-23(30-19)17-7-5-15(13-25)6-8-17/h2,4-12H,1,3,13-14,25-27H2/b22-21-. The van der Waals surface area contributed by atoms with Crippen molar-refractivity contribution < 1.29 is 4.39 Å². The zero-order valence-corrected chi connectivity index (χ0v) is 17.0. The van der Waals surface area contributed by atoms with Crippen molar-refractivity contribution in [3.8, 4) is 0 Å². The van der Waals surface area contributed by atoms with E-state index in [1.165, 1.54) is 5.01 Å². The van der Waals surface area contributed by atoms with E-state index in [1.54, 1.807) is 30.6 Å². The van der Waals surface area contributed by atoms with E-state index in [0.717, 1.165) is 11.1 Å². The summed E-state index contributed by atoms with van der Waals surface area (Å²) in [7, 11) is 0.